The van der Waals surface area contributed by atoms with E-state index < -0.39 is 5.09 Å². The van der Waals surface area contributed by atoms with E-state index in [1.54, 1.807) is 0 Å². The molecule has 0 spiro atoms. The van der Waals surface area contributed by atoms with Gasteiger partial charge in [-0.3, -0.25) is 9.78 Å². The van der Waals surface area contributed by atoms with Gasteiger partial charge in [0.05, 0.1) is 0 Å². The summed E-state index contributed by atoms with van der Waals surface area (Å²) in [4.78, 5) is 24.8. The molecule has 6 nitrogen and oxygen atoms in total. The predicted octanol–water partition coefficient (Wildman–Crippen LogP) is 2.67. The monoisotopic (exact) mass is 273 g/mol. The summed E-state index contributed by atoms with van der Waals surface area (Å²) in [5, 5.41) is 9.51. The maximum absolute atomic E-state index is 10.3. The molecule has 1 aliphatic heterocycles. The van der Waals surface area contributed by atoms with Gasteiger partial charge in [0.2, 0.25) is 0 Å². The van der Waals surface area contributed by atoms with Crippen LogP contribution in [0.5, 0.6) is 11.5 Å². The molecule has 0 fully saturated rings. The van der Waals surface area contributed by atoms with Crippen LogP contribution in [-0.4, -0.2) is 5.09 Å². The van der Waals surface area contributed by atoms with Gasteiger partial charge < -0.3 is 4.84 Å². The van der Waals surface area contributed by atoms with Crippen molar-refractivity contribution in [3.05, 3.63) is 69.3 Å². The van der Waals surface area contributed by atoms with E-state index in [-0.39, 0.29) is 6.61 Å². The molecule has 1 heterocycles. The van der Waals surface area contributed by atoms with Gasteiger partial charge in [-0.05, 0) is 17.2 Å². The lowest BCUT2D eigenvalue weighted by atomic mass is 9.99. The third-order valence-electron chi connectivity index (χ3n) is 3.09. The van der Waals surface area contributed by atoms with Crippen molar-refractivity contribution in [2.75, 3.05) is 0 Å². The van der Waals surface area contributed by atoms with Crippen LogP contribution in [-0.2, 0) is 17.9 Å². The van der Waals surface area contributed by atoms with Gasteiger partial charge in [0, 0.05) is 18.1 Å². The number of nitrogens with zero attached hydrogens (tertiary/aromatic N) is 1. The van der Waals surface area contributed by atoms with Crippen LogP contribution in [0.15, 0.2) is 42.5 Å². The third-order valence-corrected chi connectivity index (χ3v) is 3.09. The topological polar surface area (TPSA) is 70.8 Å². The zero-order valence-electron chi connectivity index (χ0n) is 10.4. The van der Waals surface area contributed by atoms with E-state index in [9.17, 15) is 10.1 Å². The Morgan fingerprint density at radius 2 is 1.85 bits per heavy atom. The molecule has 0 saturated carbocycles. The fourth-order valence-electron chi connectivity index (χ4n) is 2.10. The van der Waals surface area contributed by atoms with Crippen molar-refractivity contribution >= 4 is 0 Å². The molecule has 20 heavy (non-hydrogen) atoms. The average Bonchev–Trinajstić information content (AvgIpc) is 2.83. The van der Waals surface area contributed by atoms with Crippen LogP contribution in [0.25, 0.3) is 0 Å². The molecule has 1 aliphatic rings. The summed E-state index contributed by atoms with van der Waals surface area (Å²) >= 11 is 0. The highest BCUT2D eigenvalue weighted by Gasteiger charge is 2.16. The molecule has 102 valence electrons. The second-order valence-corrected chi connectivity index (χ2v) is 4.38. The molecular formula is C14H11NO5. The molecule has 2 aromatic carbocycles. The first-order valence-corrected chi connectivity index (χ1v) is 6.04. The maximum Gasteiger partial charge on any atom is 0.294 e. The summed E-state index contributed by atoms with van der Waals surface area (Å²) in [7, 11) is 0. The van der Waals surface area contributed by atoms with Gasteiger partial charge in [0.1, 0.15) is 6.61 Å². The maximum atomic E-state index is 10.3. The smallest absolute Gasteiger partial charge is 0.294 e. The summed E-state index contributed by atoms with van der Waals surface area (Å²) in [6.07, 6.45) is 0.593. The van der Waals surface area contributed by atoms with Crippen LogP contribution in [0.3, 0.4) is 0 Å². The van der Waals surface area contributed by atoms with Gasteiger partial charge in [0.15, 0.2) is 11.5 Å². The molecule has 0 atom stereocenters. The predicted molar refractivity (Wildman–Crippen MR) is 68.7 cm³/mol. The van der Waals surface area contributed by atoms with Crippen molar-refractivity contribution in [1.29, 1.82) is 0 Å². The molecule has 6 heteroatoms. The Balaban J connectivity index is 1.82. The van der Waals surface area contributed by atoms with Crippen LogP contribution in [0.2, 0.25) is 0 Å². The molecule has 0 saturated heterocycles. The van der Waals surface area contributed by atoms with Crippen LogP contribution in [0, 0.1) is 10.1 Å². The Morgan fingerprint density at radius 1 is 1.05 bits per heavy atom. The molecule has 0 aromatic heterocycles. The summed E-state index contributed by atoms with van der Waals surface area (Å²) in [6.45, 7) is -0.0616. The number of fused-ring (bicyclic) bond motifs is 2. The highest BCUT2D eigenvalue weighted by molar-refractivity contribution is 5.46. The van der Waals surface area contributed by atoms with Crippen molar-refractivity contribution < 1.29 is 19.7 Å². The minimum Gasteiger partial charge on any atom is -0.309 e. The molecule has 2 aromatic rings. The minimum absolute atomic E-state index is 0.0616. The zero-order valence-corrected chi connectivity index (χ0v) is 10.4. The third kappa shape index (κ3) is 2.49. The standard InChI is InChI=1S/C14H11NO5/c16-15(17)18-9-12-4-2-1-3-10(12)7-11-5-6-13-8-14(11)20-19-13/h1-6,8H,7,9H2. The summed E-state index contributed by atoms with van der Waals surface area (Å²) < 4.78 is 0. The second kappa shape index (κ2) is 5.08. The van der Waals surface area contributed by atoms with Crippen molar-refractivity contribution in [2.45, 2.75) is 13.0 Å². The Hall–Kier alpha value is -2.76. The van der Waals surface area contributed by atoms with Gasteiger partial charge in [-0.15, -0.1) is 10.1 Å². The van der Waals surface area contributed by atoms with E-state index in [0.29, 0.717) is 17.9 Å². The normalized spacial score (nSPS) is 11.6. The van der Waals surface area contributed by atoms with Gasteiger partial charge in [-0.25, -0.2) is 0 Å². The number of rotatable bonds is 5. The molecule has 3 rings (SSSR count). The molecule has 0 N–H and O–H groups in total. The first kappa shape index (κ1) is 12.3. The highest BCUT2D eigenvalue weighted by atomic mass is 17.2. The van der Waals surface area contributed by atoms with E-state index in [1.807, 2.05) is 42.5 Å². The van der Waals surface area contributed by atoms with Crippen molar-refractivity contribution in [3.8, 4) is 11.5 Å². The molecule has 2 bridgehead atoms. The Bertz CT molecular complexity index is 656. The van der Waals surface area contributed by atoms with Crippen LogP contribution < -0.4 is 9.78 Å². The number of hydrogen-bond donors (Lipinski definition) is 0. The van der Waals surface area contributed by atoms with Crippen LogP contribution >= 0.6 is 0 Å². The minimum atomic E-state index is -0.790. The lowest BCUT2D eigenvalue weighted by molar-refractivity contribution is -0.763. The Labute approximate surface area is 114 Å². The molecule has 0 unspecified atom stereocenters. The highest BCUT2D eigenvalue weighted by Crippen LogP contribution is 2.32. The first-order chi connectivity index (χ1) is 9.72. The van der Waals surface area contributed by atoms with E-state index in [1.165, 1.54) is 0 Å². The van der Waals surface area contributed by atoms with Gasteiger partial charge >= 0.3 is 0 Å². The number of hydrogen-bond acceptors (Lipinski definition) is 5. The largest absolute Gasteiger partial charge is 0.309 e. The van der Waals surface area contributed by atoms with Crippen LogP contribution in [0.1, 0.15) is 16.7 Å². The Morgan fingerprint density at radius 3 is 2.65 bits per heavy atom. The average molecular weight is 273 g/mol. The molecular weight excluding hydrogens is 262 g/mol. The van der Waals surface area contributed by atoms with Gasteiger partial charge in [-0.2, -0.15) is 0 Å². The van der Waals surface area contributed by atoms with Crippen molar-refractivity contribution in [1.82, 2.24) is 0 Å². The van der Waals surface area contributed by atoms with E-state index in [4.69, 9.17) is 9.78 Å². The molecule has 0 amide bonds. The van der Waals surface area contributed by atoms with Crippen LogP contribution in [0.4, 0.5) is 0 Å². The van der Waals surface area contributed by atoms with Gasteiger partial charge in [-0.1, -0.05) is 30.3 Å². The Kier molecular flexibility index (Phi) is 3.12. The van der Waals surface area contributed by atoms with Crippen molar-refractivity contribution in [2.24, 2.45) is 0 Å². The zero-order chi connectivity index (χ0) is 13.9. The van der Waals surface area contributed by atoms with E-state index >= 15 is 0 Å². The lowest BCUT2D eigenvalue weighted by Gasteiger charge is -2.09. The SMILES string of the molecule is O=[N+]([O-])OCc1ccccc1Cc1ccc2cc1OO2. The molecule has 0 aliphatic carbocycles. The van der Waals surface area contributed by atoms with E-state index in [0.717, 1.165) is 16.7 Å². The fraction of sp³-hybridized carbons (Fsp3) is 0.143. The lowest BCUT2D eigenvalue weighted by Crippen LogP contribution is -2.04. The summed E-state index contributed by atoms with van der Waals surface area (Å²) in [5.74, 6) is 1.35. The first-order valence-electron chi connectivity index (χ1n) is 6.04. The quantitative estimate of drug-likeness (QED) is 0.476. The van der Waals surface area contributed by atoms with Crippen molar-refractivity contribution in [3.63, 3.8) is 0 Å². The number of benzene rings is 2. The molecule has 0 radical (unpaired) electrons. The van der Waals surface area contributed by atoms with E-state index in [2.05, 4.69) is 4.84 Å². The summed E-state index contributed by atoms with van der Waals surface area (Å²) in [5.41, 5.74) is 2.69. The van der Waals surface area contributed by atoms with Gasteiger partial charge in [0.25, 0.3) is 5.09 Å². The summed E-state index contributed by atoms with van der Waals surface area (Å²) in [6, 6.07) is 13.0. The fourth-order valence-corrected chi connectivity index (χ4v) is 2.10. The second-order valence-electron chi connectivity index (χ2n) is 4.38.